The maximum Gasteiger partial charge on any atom is 0.313 e. The van der Waals surface area contributed by atoms with Gasteiger partial charge in [-0.05, 0) is 0 Å². The van der Waals surface area contributed by atoms with Crippen LogP contribution in [0.3, 0.4) is 0 Å². The van der Waals surface area contributed by atoms with Gasteiger partial charge in [0.25, 0.3) is 0 Å². The Morgan fingerprint density at radius 2 is 2.29 bits per heavy atom. The van der Waals surface area contributed by atoms with Gasteiger partial charge in [0.2, 0.25) is 0 Å². The van der Waals surface area contributed by atoms with E-state index in [1.165, 1.54) is 6.26 Å². The van der Waals surface area contributed by atoms with Crippen molar-refractivity contribution < 1.29 is 13.9 Å². The molecule has 0 radical (unpaired) electrons. The maximum absolute atomic E-state index is 11.6. The van der Waals surface area contributed by atoms with E-state index in [0.717, 1.165) is 12.5 Å². The Bertz CT molecular complexity index is 117. The molecule has 1 heterocycles. The summed E-state index contributed by atoms with van der Waals surface area (Å²) in [7, 11) is 0. The predicted molar refractivity (Wildman–Crippen MR) is 20.5 cm³/mol. The molecular weight excluding hydrogens is 99.0 g/mol. The second-order valence-electron chi connectivity index (χ2n) is 0.948. The summed E-state index contributed by atoms with van der Waals surface area (Å²) < 4.78 is 20.2. The van der Waals surface area contributed by atoms with Crippen LogP contribution in [-0.4, -0.2) is 0 Å². The van der Waals surface area contributed by atoms with Crippen molar-refractivity contribution in [1.29, 1.82) is 0 Å². The number of ether oxygens (including phenoxy) is 2. The van der Waals surface area contributed by atoms with Crippen LogP contribution < -0.4 is 0 Å². The Morgan fingerprint density at radius 1 is 1.43 bits per heavy atom. The first-order chi connectivity index (χ1) is 3.39. The number of rotatable bonds is 0. The highest BCUT2D eigenvalue weighted by Gasteiger charge is 1.93. The first-order valence-corrected chi connectivity index (χ1v) is 1.72. The highest BCUT2D eigenvalue weighted by atomic mass is 19.1. The summed E-state index contributed by atoms with van der Waals surface area (Å²) in [4.78, 5) is 0. The Kier molecular flexibility index (Phi) is 0.978. The van der Waals surface area contributed by atoms with Crippen LogP contribution in [0.4, 0.5) is 4.39 Å². The summed E-state index contributed by atoms with van der Waals surface area (Å²) in [5, 5.41) is 0. The van der Waals surface area contributed by atoms with Gasteiger partial charge in [-0.2, -0.15) is 4.39 Å². The summed E-state index contributed by atoms with van der Waals surface area (Å²) in [6, 6.07) is -0.720. The van der Waals surface area contributed by atoms with E-state index in [4.69, 9.17) is 0 Å². The van der Waals surface area contributed by atoms with Crippen LogP contribution in [0.1, 0.15) is 0 Å². The molecule has 2 nitrogen and oxygen atoms in total. The fraction of sp³-hybridized carbons (Fsp3) is 0. The molecule has 0 aromatic carbocycles. The van der Waals surface area contributed by atoms with Crippen LogP contribution in [0.25, 0.3) is 0 Å². The van der Waals surface area contributed by atoms with Crippen LogP contribution in [0.5, 0.6) is 0 Å². The van der Waals surface area contributed by atoms with E-state index in [1.807, 2.05) is 0 Å². The van der Waals surface area contributed by atoms with Crippen molar-refractivity contribution in [3.05, 3.63) is 24.8 Å². The second-order valence-corrected chi connectivity index (χ2v) is 0.948. The fourth-order valence-corrected chi connectivity index (χ4v) is 0.245. The molecule has 0 aromatic heterocycles. The molecule has 38 valence electrons. The molecule has 7 heavy (non-hydrogen) atoms. The summed E-state index contributed by atoms with van der Waals surface area (Å²) >= 11 is 0. The Hall–Kier alpha value is -0.990. The molecule has 0 saturated carbocycles. The van der Waals surface area contributed by atoms with Gasteiger partial charge in [0.1, 0.15) is 12.5 Å². The van der Waals surface area contributed by atoms with Gasteiger partial charge in [-0.3, -0.25) is 0 Å². The van der Waals surface area contributed by atoms with E-state index in [0.29, 0.717) is 0 Å². The average molecular weight is 102 g/mol. The van der Waals surface area contributed by atoms with Crippen molar-refractivity contribution in [2.24, 2.45) is 0 Å². The Morgan fingerprint density at radius 3 is 2.57 bits per heavy atom. The van der Waals surface area contributed by atoms with Crippen molar-refractivity contribution >= 4 is 0 Å². The lowest BCUT2D eigenvalue weighted by Crippen LogP contribution is -1.83. The van der Waals surface area contributed by atoms with Gasteiger partial charge in [-0.15, -0.1) is 0 Å². The molecule has 1 aliphatic rings. The number of halogens is 1. The van der Waals surface area contributed by atoms with Gasteiger partial charge in [0, 0.05) is 0 Å². The number of hydrogen-bond donors (Lipinski definition) is 0. The van der Waals surface area contributed by atoms with Gasteiger partial charge < -0.3 is 9.47 Å². The van der Waals surface area contributed by atoms with E-state index in [1.54, 1.807) is 0 Å². The molecule has 0 aliphatic carbocycles. The Labute approximate surface area is 39.8 Å². The molecule has 0 saturated heterocycles. The third kappa shape index (κ3) is 0.924. The largest absolute Gasteiger partial charge is 0.463 e. The molecule has 3 heteroatoms. The van der Waals surface area contributed by atoms with Crippen LogP contribution in [0.2, 0.25) is 0 Å². The second kappa shape index (κ2) is 1.64. The van der Waals surface area contributed by atoms with Crippen molar-refractivity contribution in [3.8, 4) is 0 Å². The molecular formula is C4H3FO2. The van der Waals surface area contributed by atoms with E-state index in [9.17, 15) is 4.39 Å². The zero-order valence-electron chi connectivity index (χ0n) is 3.43. The SMILES string of the molecule is FC1=COC=CO1. The first kappa shape index (κ1) is 4.18. The fourth-order valence-electron chi connectivity index (χ4n) is 0.245. The molecule has 0 N–H and O–H groups in total. The van der Waals surface area contributed by atoms with Gasteiger partial charge in [-0.25, -0.2) is 0 Å². The third-order valence-electron chi connectivity index (χ3n) is 0.475. The van der Waals surface area contributed by atoms with Gasteiger partial charge in [0.15, 0.2) is 6.26 Å². The minimum absolute atomic E-state index is 0.720. The first-order valence-electron chi connectivity index (χ1n) is 1.72. The van der Waals surface area contributed by atoms with Crippen molar-refractivity contribution in [2.75, 3.05) is 0 Å². The maximum atomic E-state index is 11.6. The van der Waals surface area contributed by atoms with Crippen LogP contribution >= 0.6 is 0 Å². The lowest BCUT2D eigenvalue weighted by atomic mass is 10.9. The standard InChI is InChI=1S/C4H3FO2/c5-4-3-6-1-2-7-4/h1-3H. The Balaban J connectivity index is 2.50. The van der Waals surface area contributed by atoms with Crippen molar-refractivity contribution in [2.45, 2.75) is 0 Å². The van der Waals surface area contributed by atoms with Gasteiger partial charge >= 0.3 is 6.01 Å². The normalized spacial score (nSPS) is 17.0. The lowest BCUT2D eigenvalue weighted by molar-refractivity contribution is 0.186. The smallest absolute Gasteiger partial charge is 0.313 e. The highest BCUT2D eigenvalue weighted by Crippen LogP contribution is 2.04. The monoisotopic (exact) mass is 102 g/mol. The average Bonchev–Trinajstić information content (AvgIpc) is 1.69. The van der Waals surface area contributed by atoms with E-state index in [2.05, 4.69) is 9.47 Å². The molecule has 0 aromatic rings. The van der Waals surface area contributed by atoms with Crippen LogP contribution in [0, 0.1) is 0 Å². The summed E-state index contributed by atoms with van der Waals surface area (Å²) in [6.07, 6.45) is 3.23. The third-order valence-corrected chi connectivity index (χ3v) is 0.475. The summed E-state index contributed by atoms with van der Waals surface area (Å²) in [5.41, 5.74) is 0. The zero-order chi connectivity index (χ0) is 5.11. The van der Waals surface area contributed by atoms with E-state index in [-0.39, 0.29) is 0 Å². The van der Waals surface area contributed by atoms with Crippen LogP contribution in [-0.2, 0) is 9.47 Å². The zero-order valence-corrected chi connectivity index (χ0v) is 3.43. The minimum atomic E-state index is -0.720. The van der Waals surface area contributed by atoms with Crippen LogP contribution in [0.15, 0.2) is 24.8 Å². The van der Waals surface area contributed by atoms with Crippen molar-refractivity contribution in [3.63, 3.8) is 0 Å². The van der Waals surface area contributed by atoms with E-state index >= 15 is 0 Å². The molecule has 0 atom stereocenters. The highest BCUT2D eigenvalue weighted by molar-refractivity contribution is 4.84. The molecule has 1 rings (SSSR count). The quantitative estimate of drug-likeness (QED) is 0.458. The molecule has 0 unspecified atom stereocenters. The minimum Gasteiger partial charge on any atom is -0.463 e. The molecule has 0 fully saturated rings. The van der Waals surface area contributed by atoms with Gasteiger partial charge in [-0.1, -0.05) is 0 Å². The molecule has 1 aliphatic heterocycles. The molecule has 0 bridgehead atoms. The number of hydrogen-bond acceptors (Lipinski definition) is 2. The predicted octanol–water partition coefficient (Wildman–Crippen LogP) is 1.27. The van der Waals surface area contributed by atoms with Gasteiger partial charge in [0.05, 0.1) is 0 Å². The van der Waals surface area contributed by atoms with Crippen molar-refractivity contribution in [1.82, 2.24) is 0 Å². The molecule has 0 amide bonds. The lowest BCUT2D eigenvalue weighted by Gasteiger charge is -1.98. The van der Waals surface area contributed by atoms with E-state index < -0.39 is 6.01 Å². The molecule has 0 spiro atoms. The summed E-state index contributed by atoms with van der Waals surface area (Å²) in [5.74, 6) is 0. The summed E-state index contributed by atoms with van der Waals surface area (Å²) in [6.45, 7) is 0. The topological polar surface area (TPSA) is 18.5 Å².